The van der Waals surface area contributed by atoms with Gasteiger partial charge in [0.15, 0.2) is 0 Å². The van der Waals surface area contributed by atoms with Crippen LogP contribution >= 0.6 is 0 Å². The maximum Gasteiger partial charge on any atom is 0.313 e. The summed E-state index contributed by atoms with van der Waals surface area (Å²) in [5.41, 5.74) is 7.61. The lowest BCUT2D eigenvalue weighted by Gasteiger charge is -2.36. The molecule has 6 heteroatoms. The van der Waals surface area contributed by atoms with Crippen molar-refractivity contribution in [3.8, 4) is 0 Å². The Morgan fingerprint density at radius 1 is 0.943 bits per heavy atom. The number of anilines is 2. The monoisotopic (exact) mass is 470 g/mol. The van der Waals surface area contributed by atoms with Crippen LogP contribution in [0.5, 0.6) is 0 Å². The standard InChI is InChI=1S/C29H34N4O2/c1-20-9-14-26(21(2)17-20)31-29(35)28(34)30-18-27(23-10-12-25(13-11-23)32(3)4)33-16-15-22-7-5-6-8-24(22)19-33/h5-14,17,27H,15-16,18-19H2,1-4H3,(H,30,34)(H,31,35). The van der Waals surface area contributed by atoms with Crippen molar-refractivity contribution < 1.29 is 9.59 Å². The first-order valence-electron chi connectivity index (χ1n) is 12.1. The summed E-state index contributed by atoms with van der Waals surface area (Å²) in [6.07, 6.45) is 0.962. The second kappa shape index (κ2) is 10.7. The molecule has 0 fully saturated rings. The Morgan fingerprint density at radius 3 is 2.34 bits per heavy atom. The van der Waals surface area contributed by atoms with Gasteiger partial charge in [0.1, 0.15) is 0 Å². The maximum atomic E-state index is 12.7. The quantitative estimate of drug-likeness (QED) is 0.530. The first kappa shape index (κ1) is 24.5. The molecular weight excluding hydrogens is 436 g/mol. The fourth-order valence-electron chi connectivity index (χ4n) is 4.64. The lowest BCUT2D eigenvalue weighted by molar-refractivity contribution is -0.136. The molecule has 0 aliphatic carbocycles. The number of benzene rings is 3. The van der Waals surface area contributed by atoms with Gasteiger partial charge in [-0.1, -0.05) is 54.1 Å². The van der Waals surface area contributed by atoms with Gasteiger partial charge in [-0.05, 0) is 60.7 Å². The van der Waals surface area contributed by atoms with Crippen LogP contribution in [0, 0.1) is 13.8 Å². The SMILES string of the molecule is Cc1ccc(NC(=O)C(=O)NCC(c2ccc(N(C)C)cc2)N2CCc3ccccc3C2)c(C)c1. The van der Waals surface area contributed by atoms with Crippen LogP contribution in [0.15, 0.2) is 66.7 Å². The second-order valence-corrected chi connectivity index (χ2v) is 9.47. The molecule has 1 atom stereocenters. The summed E-state index contributed by atoms with van der Waals surface area (Å²) in [4.78, 5) is 29.8. The summed E-state index contributed by atoms with van der Waals surface area (Å²) in [7, 11) is 4.03. The zero-order valence-corrected chi connectivity index (χ0v) is 21.0. The van der Waals surface area contributed by atoms with Crippen molar-refractivity contribution >= 4 is 23.2 Å². The van der Waals surface area contributed by atoms with E-state index in [-0.39, 0.29) is 6.04 Å². The summed E-state index contributed by atoms with van der Waals surface area (Å²) < 4.78 is 0. The van der Waals surface area contributed by atoms with E-state index >= 15 is 0 Å². The first-order chi connectivity index (χ1) is 16.8. The molecule has 6 nitrogen and oxygen atoms in total. The highest BCUT2D eigenvalue weighted by Crippen LogP contribution is 2.29. The fourth-order valence-corrected chi connectivity index (χ4v) is 4.64. The number of hydrogen-bond donors (Lipinski definition) is 2. The molecule has 0 saturated carbocycles. The molecule has 1 heterocycles. The minimum Gasteiger partial charge on any atom is -0.378 e. The predicted octanol–water partition coefficient (Wildman–Crippen LogP) is 4.22. The van der Waals surface area contributed by atoms with Crippen LogP contribution < -0.4 is 15.5 Å². The highest BCUT2D eigenvalue weighted by Gasteiger charge is 2.26. The van der Waals surface area contributed by atoms with Crippen LogP contribution in [-0.4, -0.2) is 43.9 Å². The molecule has 2 amide bonds. The lowest BCUT2D eigenvalue weighted by Crippen LogP contribution is -2.43. The average Bonchev–Trinajstić information content (AvgIpc) is 2.85. The third-order valence-electron chi connectivity index (χ3n) is 6.69. The van der Waals surface area contributed by atoms with E-state index < -0.39 is 11.8 Å². The molecule has 4 rings (SSSR count). The molecule has 0 aromatic heterocycles. The molecule has 1 aliphatic heterocycles. The summed E-state index contributed by atoms with van der Waals surface area (Å²) in [5.74, 6) is -1.28. The number of aryl methyl sites for hydroxylation is 2. The summed E-state index contributed by atoms with van der Waals surface area (Å²) in [6, 6.07) is 22.6. The number of fused-ring (bicyclic) bond motifs is 1. The Kier molecular flexibility index (Phi) is 7.51. The van der Waals surface area contributed by atoms with Gasteiger partial charge in [0, 0.05) is 45.1 Å². The molecule has 3 aromatic rings. The second-order valence-electron chi connectivity index (χ2n) is 9.47. The number of carbonyl (C=O) groups excluding carboxylic acids is 2. The van der Waals surface area contributed by atoms with Crippen molar-refractivity contribution in [3.63, 3.8) is 0 Å². The lowest BCUT2D eigenvalue weighted by atomic mass is 9.96. The number of rotatable bonds is 6. The van der Waals surface area contributed by atoms with Gasteiger partial charge >= 0.3 is 11.8 Å². The first-order valence-corrected chi connectivity index (χ1v) is 12.1. The van der Waals surface area contributed by atoms with Crippen molar-refractivity contribution in [2.75, 3.05) is 37.4 Å². The summed E-state index contributed by atoms with van der Waals surface area (Å²) >= 11 is 0. The van der Waals surface area contributed by atoms with Crippen molar-refractivity contribution in [2.24, 2.45) is 0 Å². The van der Waals surface area contributed by atoms with Crippen LogP contribution in [-0.2, 0) is 22.6 Å². The van der Waals surface area contributed by atoms with Crippen molar-refractivity contribution in [3.05, 3.63) is 94.5 Å². The van der Waals surface area contributed by atoms with Crippen molar-refractivity contribution in [1.29, 1.82) is 0 Å². The van der Waals surface area contributed by atoms with Crippen molar-refractivity contribution in [1.82, 2.24) is 10.2 Å². The van der Waals surface area contributed by atoms with Gasteiger partial charge in [-0.3, -0.25) is 14.5 Å². The van der Waals surface area contributed by atoms with Crippen molar-refractivity contribution in [2.45, 2.75) is 32.9 Å². The van der Waals surface area contributed by atoms with E-state index in [2.05, 4.69) is 69.0 Å². The zero-order chi connectivity index (χ0) is 24.9. The third-order valence-corrected chi connectivity index (χ3v) is 6.69. The largest absolute Gasteiger partial charge is 0.378 e. The smallest absolute Gasteiger partial charge is 0.313 e. The van der Waals surface area contributed by atoms with E-state index in [0.29, 0.717) is 12.2 Å². The van der Waals surface area contributed by atoms with Gasteiger partial charge in [-0.25, -0.2) is 0 Å². The Morgan fingerprint density at radius 2 is 1.66 bits per heavy atom. The summed E-state index contributed by atoms with van der Waals surface area (Å²) in [6.45, 7) is 5.96. The number of nitrogens with zero attached hydrogens (tertiary/aromatic N) is 2. The van der Waals surface area contributed by atoms with Crippen LogP contribution in [0.3, 0.4) is 0 Å². The molecular formula is C29H34N4O2. The number of carbonyl (C=O) groups is 2. The molecule has 0 bridgehead atoms. The molecule has 3 aromatic carbocycles. The Balaban J connectivity index is 1.49. The highest BCUT2D eigenvalue weighted by molar-refractivity contribution is 6.39. The fraction of sp³-hybridized carbons (Fsp3) is 0.310. The van der Waals surface area contributed by atoms with E-state index in [1.54, 1.807) is 0 Å². The third kappa shape index (κ3) is 5.89. The van der Waals surface area contributed by atoms with Crippen LogP contribution in [0.1, 0.15) is 33.9 Å². The Bertz CT molecular complexity index is 1200. The molecule has 2 N–H and O–H groups in total. The molecule has 182 valence electrons. The molecule has 35 heavy (non-hydrogen) atoms. The van der Waals surface area contributed by atoms with E-state index in [9.17, 15) is 9.59 Å². The summed E-state index contributed by atoms with van der Waals surface area (Å²) in [5, 5.41) is 5.63. The molecule has 0 radical (unpaired) electrons. The molecule has 0 saturated heterocycles. The van der Waals surface area contributed by atoms with Gasteiger partial charge in [-0.2, -0.15) is 0 Å². The molecule has 1 aliphatic rings. The number of amides is 2. The number of nitrogens with one attached hydrogen (secondary N) is 2. The van der Waals surface area contributed by atoms with Gasteiger partial charge < -0.3 is 15.5 Å². The zero-order valence-electron chi connectivity index (χ0n) is 21.0. The Labute approximate surface area is 207 Å². The van der Waals surface area contributed by atoms with E-state index in [1.165, 1.54) is 11.1 Å². The van der Waals surface area contributed by atoms with Crippen LogP contribution in [0.4, 0.5) is 11.4 Å². The van der Waals surface area contributed by atoms with E-state index in [0.717, 1.165) is 41.9 Å². The van der Waals surface area contributed by atoms with E-state index in [1.807, 2.05) is 46.1 Å². The van der Waals surface area contributed by atoms with Gasteiger partial charge in [0.25, 0.3) is 0 Å². The van der Waals surface area contributed by atoms with Gasteiger partial charge in [-0.15, -0.1) is 0 Å². The topological polar surface area (TPSA) is 64.7 Å². The number of hydrogen-bond acceptors (Lipinski definition) is 4. The highest BCUT2D eigenvalue weighted by atomic mass is 16.2. The van der Waals surface area contributed by atoms with Gasteiger partial charge in [0.2, 0.25) is 0 Å². The normalized spacial score (nSPS) is 14.1. The average molecular weight is 471 g/mol. The molecule has 1 unspecified atom stereocenters. The van der Waals surface area contributed by atoms with E-state index in [4.69, 9.17) is 0 Å². The molecule has 0 spiro atoms. The van der Waals surface area contributed by atoms with Crippen LogP contribution in [0.2, 0.25) is 0 Å². The minimum atomic E-state index is -0.650. The van der Waals surface area contributed by atoms with Crippen LogP contribution in [0.25, 0.3) is 0 Å². The minimum absolute atomic E-state index is 0.0440. The maximum absolute atomic E-state index is 12.7. The predicted molar refractivity (Wildman–Crippen MR) is 142 cm³/mol. The van der Waals surface area contributed by atoms with Gasteiger partial charge in [0.05, 0.1) is 6.04 Å². The Hall–Kier alpha value is -3.64.